The molecule has 0 radical (unpaired) electrons. The van der Waals surface area contributed by atoms with Gasteiger partial charge in [-0.05, 0) is 19.8 Å². The lowest BCUT2D eigenvalue weighted by molar-refractivity contribution is -0.141. The maximum absolute atomic E-state index is 12.4. The number of hydrogen-bond donors (Lipinski definition) is 0. The van der Waals surface area contributed by atoms with E-state index in [0.29, 0.717) is 32.7 Å². The van der Waals surface area contributed by atoms with E-state index in [2.05, 4.69) is 0 Å². The van der Waals surface area contributed by atoms with E-state index in [1.54, 1.807) is 4.90 Å². The predicted octanol–water partition coefficient (Wildman–Crippen LogP) is -0.342. The third kappa shape index (κ3) is 2.84. The molecule has 1 amide bonds. The number of sulfonamides is 1. The van der Waals surface area contributed by atoms with Crippen LogP contribution in [0.5, 0.6) is 0 Å². The summed E-state index contributed by atoms with van der Waals surface area (Å²) in [5.41, 5.74) is 0. The first-order chi connectivity index (χ1) is 8.39. The lowest BCUT2D eigenvalue weighted by Gasteiger charge is -2.34. The summed E-state index contributed by atoms with van der Waals surface area (Å²) in [6.45, 7) is 4.00. The molecule has 0 aromatic carbocycles. The van der Waals surface area contributed by atoms with Crippen LogP contribution in [0.4, 0.5) is 0 Å². The van der Waals surface area contributed by atoms with Crippen LogP contribution in [0.2, 0.25) is 0 Å². The summed E-state index contributed by atoms with van der Waals surface area (Å²) >= 11 is 0. The predicted molar refractivity (Wildman–Crippen MR) is 66.6 cm³/mol. The third-order valence-electron chi connectivity index (χ3n) is 3.47. The van der Waals surface area contributed by atoms with Crippen LogP contribution in [0.1, 0.15) is 19.8 Å². The van der Waals surface area contributed by atoms with E-state index < -0.39 is 16.1 Å². The molecule has 2 heterocycles. The van der Waals surface area contributed by atoms with Gasteiger partial charge in [0, 0.05) is 19.6 Å². The highest BCUT2D eigenvalue weighted by molar-refractivity contribution is 7.88. The standard InChI is InChI=1S/C11H20N2O4S/c1-9-8-12(6-7-17-9)11(14)10-4-3-5-13(10)18(2,15)16/h9-10H,3-8H2,1-2H3. The number of nitrogens with zero attached hydrogens (tertiary/aromatic N) is 2. The van der Waals surface area contributed by atoms with Crippen LogP contribution in [-0.4, -0.2) is 68.2 Å². The van der Waals surface area contributed by atoms with Gasteiger partial charge in [-0.15, -0.1) is 0 Å². The van der Waals surface area contributed by atoms with E-state index in [9.17, 15) is 13.2 Å². The summed E-state index contributed by atoms with van der Waals surface area (Å²) in [5, 5.41) is 0. The van der Waals surface area contributed by atoms with Gasteiger partial charge in [-0.25, -0.2) is 8.42 Å². The molecule has 2 fully saturated rings. The Kier molecular flexibility index (Phi) is 3.93. The van der Waals surface area contributed by atoms with Gasteiger partial charge in [0.25, 0.3) is 0 Å². The molecule has 7 heteroatoms. The zero-order valence-corrected chi connectivity index (χ0v) is 11.6. The fourth-order valence-corrected chi connectivity index (χ4v) is 3.73. The molecule has 2 aliphatic heterocycles. The molecule has 6 nitrogen and oxygen atoms in total. The van der Waals surface area contributed by atoms with Crippen molar-refractivity contribution < 1.29 is 17.9 Å². The topological polar surface area (TPSA) is 66.9 Å². The van der Waals surface area contributed by atoms with E-state index in [0.717, 1.165) is 6.42 Å². The minimum Gasteiger partial charge on any atom is -0.375 e. The maximum Gasteiger partial charge on any atom is 0.241 e. The highest BCUT2D eigenvalue weighted by Gasteiger charge is 2.39. The second-order valence-corrected chi connectivity index (χ2v) is 6.93. The molecule has 104 valence electrons. The minimum absolute atomic E-state index is 0.0239. The number of carbonyl (C=O) groups excluding carboxylic acids is 1. The summed E-state index contributed by atoms with van der Waals surface area (Å²) in [7, 11) is -3.29. The lowest BCUT2D eigenvalue weighted by atomic mass is 10.2. The van der Waals surface area contributed by atoms with Gasteiger partial charge < -0.3 is 9.64 Å². The molecule has 0 aliphatic carbocycles. The van der Waals surface area contributed by atoms with Gasteiger partial charge in [0.1, 0.15) is 6.04 Å². The number of hydrogen-bond acceptors (Lipinski definition) is 4. The van der Waals surface area contributed by atoms with Crippen LogP contribution < -0.4 is 0 Å². The summed E-state index contributed by atoms with van der Waals surface area (Å²) in [5.74, 6) is -0.0759. The van der Waals surface area contributed by atoms with Crippen molar-refractivity contribution in [1.82, 2.24) is 9.21 Å². The van der Waals surface area contributed by atoms with E-state index in [4.69, 9.17) is 4.74 Å². The average molecular weight is 276 g/mol. The summed E-state index contributed by atoms with van der Waals surface area (Å²) < 4.78 is 30.0. The monoisotopic (exact) mass is 276 g/mol. The lowest BCUT2D eigenvalue weighted by Crippen LogP contribution is -2.52. The first kappa shape index (κ1) is 13.8. The van der Waals surface area contributed by atoms with Gasteiger partial charge in [-0.1, -0.05) is 0 Å². The molecule has 2 rings (SSSR count). The molecule has 2 saturated heterocycles. The van der Waals surface area contributed by atoms with Crippen molar-refractivity contribution in [3.63, 3.8) is 0 Å². The number of rotatable bonds is 2. The summed E-state index contributed by atoms with van der Waals surface area (Å²) in [4.78, 5) is 14.1. The smallest absolute Gasteiger partial charge is 0.241 e. The Balaban J connectivity index is 2.08. The third-order valence-corrected chi connectivity index (χ3v) is 4.76. The molecular weight excluding hydrogens is 256 g/mol. The van der Waals surface area contributed by atoms with Crippen molar-refractivity contribution in [3.05, 3.63) is 0 Å². The van der Waals surface area contributed by atoms with Crippen LogP contribution in [-0.2, 0) is 19.6 Å². The van der Waals surface area contributed by atoms with Crippen molar-refractivity contribution >= 4 is 15.9 Å². The van der Waals surface area contributed by atoms with E-state index in [1.807, 2.05) is 6.92 Å². The number of carbonyl (C=O) groups is 1. The number of morpholine rings is 1. The molecule has 0 saturated carbocycles. The molecule has 0 spiro atoms. The van der Waals surface area contributed by atoms with Gasteiger partial charge in [0.15, 0.2) is 0 Å². The molecule has 2 unspecified atom stereocenters. The molecule has 18 heavy (non-hydrogen) atoms. The Bertz CT molecular complexity index is 423. The van der Waals surface area contributed by atoms with Gasteiger partial charge in [0.2, 0.25) is 15.9 Å². The molecule has 2 aliphatic rings. The van der Waals surface area contributed by atoms with Gasteiger partial charge in [-0.3, -0.25) is 4.79 Å². The van der Waals surface area contributed by atoms with Crippen LogP contribution in [0.25, 0.3) is 0 Å². The second kappa shape index (κ2) is 5.14. The van der Waals surface area contributed by atoms with E-state index in [1.165, 1.54) is 10.6 Å². The van der Waals surface area contributed by atoms with Crippen LogP contribution in [0, 0.1) is 0 Å². The molecule has 0 bridgehead atoms. The van der Waals surface area contributed by atoms with Crippen LogP contribution in [0.3, 0.4) is 0 Å². The number of amides is 1. The summed E-state index contributed by atoms with van der Waals surface area (Å²) in [6.07, 6.45) is 2.57. The Hall–Kier alpha value is -0.660. The molecule has 0 N–H and O–H groups in total. The Labute approximate surface area is 108 Å². The normalized spacial score (nSPS) is 30.7. The Morgan fingerprint density at radius 2 is 2.06 bits per heavy atom. The van der Waals surface area contributed by atoms with Crippen LogP contribution in [0.15, 0.2) is 0 Å². The van der Waals surface area contributed by atoms with Gasteiger partial charge in [0.05, 0.1) is 19.0 Å². The first-order valence-electron chi connectivity index (χ1n) is 6.27. The van der Waals surface area contributed by atoms with Crippen molar-refractivity contribution in [3.8, 4) is 0 Å². The van der Waals surface area contributed by atoms with Crippen molar-refractivity contribution in [2.45, 2.75) is 31.9 Å². The first-order valence-corrected chi connectivity index (χ1v) is 8.11. The SMILES string of the molecule is CC1CN(C(=O)C2CCCN2S(C)(=O)=O)CCO1. The van der Waals surface area contributed by atoms with Gasteiger partial charge >= 0.3 is 0 Å². The molecular formula is C11H20N2O4S. The fraction of sp³-hybridized carbons (Fsp3) is 0.909. The average Bonchev–Trinajstić information content (AvgIpc) is 2.76. The number of ether oxygens (including phenoxy) is 1. The molecule has 0 aromatic heterocycles. The second-order valence-electron chi connectivity index (χ2n) is 5.00. The summed E-state index contributed by atoms with van der Waals surface area (Å²) in [6, 6.07) is -0.509. The minimum atomic E-state index is -3.29. The van der Waals surface area contributed by atoms with Crippen LogP contribution >= 0.6 is 0 Å². The zero-order valence-electron chi connectivity index (χ0n) is 10.8. The van der Waals surface area contributed by atoms with Crippen molar-refractivity contribution in [2.75, 3.05) is 32.5 Å². The van der Waals surface area contributed by atoms with E-state index >= 15 is 0 Å². The zero-order chi connectivity index (χ0) is 13.3. The Morgan fingerprint density at radius 1 is 1.33 bits per heavy atom. The van der Waals surface area contributed by atoms with Gasteiger partial charge in [-0.2, -0.15) is 4.31 Å². The fourth-order valence-electron chi connectivity index (χ4n) is 2.61. The van der Waals surface area contributed by atoms with Crippen molar-refractivity contribution in [1.29, 1.82) is 0 Å². The quantitative estimate of drug-likeness (QED) is 0.692. The molecule has 2 atom stereocenters. The molecule has 0 aromatic rings. The highest BCUT2D eigenvalue weighted by atomic mass is 32.2. The largest absolute Gasteiger partial charge is 0.375 e. The maximum atomic E-state index is 12.4. The highest BCUT2D eigenvalue weighted by Crippen LogP contribution is 2.23. The van der Waals surface area contributed by atoms with Crippen molar-refractivity contribution in [2.24, 2.45) is 0 Å². The Morgan fingerprint density at radius 3 is 2.67 bits per heavy atom. The van der Waals surface area contributed by atoms with E-state index in [-0.39, 0.29) is 12.0 Å².